The topological polar surface area (TPSA) is 87.0 Å². The van der Waals surface area contributed by atoms with Gasteiger partial charge in [0.15, 0.2) is 5.82 Å². The number of hydrogen-bond donors (Lipinski definition) is 0. The number of hydrogen-bond acceptors (Lipinski definition) is 6. The van der Waals surface area contributed by atoms with Crippen LogP contribution in [0.25, 0.3) is 0 Å². The van der Waals surface area contributed by atoms with Gasteiger partial charge in [0.05, 0.1) is 0 Å². The zero-order chi connectivity index (χ0) is 13.6. The Kier molecular flexibility index (Phi) is 2.58. The standard InChI is InChI=1S/C12H16N4O3/c1-12(2,3)10-15-19-11(17)16(10)6-8-13-14-9(18-8)7-4-5-7/h7H,4-6H2,1-3H3. The quantitative estimate of drug-likeness (QED) is 0.833. The van der Waals surface area contributed by atoms with Gasteiger partial charge in [0.2, 0.25) is 11.8 Å². The largest absolute Gasteiger partial charge is 0.442 e. The summed E-state index contributed by atoms with van der Waals surface area (Å²) in [5.41, 5.74) is -0.286. The molecule has 2 heterocycles. The van der Waals surface area contributed by atoms with Crippen LogP contribution in [-0.4, -0.2) is 19.9 Å². The molecule has 0 saturated heterocycles. The number of rotatable bonds is 3. The first kappa shape index (κ1) is 12.1. The molecule has 0 aromatic carbocycles. The third kappa shape index (κ3) is 2.32. The highest BCUT2D eigenvalue weighted by Crippen LogP contribution is 2.39. The summed E-state index contributed by atoms with van der Waals surface area (Å²) in [6, 6.07) is 0. The van der Waals surface area contributed by atoms with Crippen LogP contribution in [0.15, 0.2) is 13.7 Å². The molecule has 1 aliphatic carbocycles. The summed E-state index contributed by atoms with van der Waals surface area (Å²) in [5, 5.41) is 11.8. The van der Waals surface area contributed by atoms with Crippen molar-refractivity contribution in [2.45, 2.75) is 51.5 Å². The maximum absolute atomic E-state index is 11.7. The predicted molar refractivity (Wildman–Crippen MR) is 64.8 cm³/mol. The molecule has 0 aliphatic heterocycles. The van der Waals surface area contributed by atoms with E-state index >= 15 is 0 Å². The molecule has 0 N–H and O–H groups in total. The second-order valence-corrected chi connectivity index (χ2v) is 5.92. The van der Waals surface area contributed by atoms with Gasteiger partial charge in [0.1, 0.15) is 6.54 Å². The van der Waals surface area contributed by atoms with Crippen LogP contribution in [-0.2, 0) is 12.0 Å². The van der Waals surface area contributed by atoms with Crippen LogP contribution in [0.3, 0.4) is 0 Å². The Bertz CT molecular complexity index is 642. The van der Waals surface area contributed by atoms with E-state index in [4.69, 9.17) is 8.94 Å². The molecule has 102 valence electrons. The van der Waals surface area contributed by atoms with Gasteiger partial charge in [0.25, 0.3) is 0 Å². The van der Waals surface area contributed by atoms with Crippen LogP contribution < -0.4 is 5.76 Å². The van der Waals surface area contributed by atoms with Crippen molar-refractivity contribution in [2.24, 2.45) is 0 Å². The Labute approximate surface area is 109 Å². The fourth-order valence-electron chi connectivity index (χ4n) is 1.91. The molecule has 0 atom stereocenters. The monoisotopic (exact) mass is 264 g/mol. The average molecular weight is 264 g/mol. The van der Waals surface area contributed by atoms with Gasteiger partial charge in [-0.15, -0.1) is 10.2 Å². The number of aromatic nitrogens is 4. The van der Waals surface area contributed by atoms with Crippen LogP contribution >= 0.6 is 0 Å². The van der Waals surface area contributed by atoms with E-state index in [0.29, 0.717) is 23.5 Å². The lowest BCUT2D eigenvalue weighted by Crippen LogP contribution is -2.25. The maximum Gasteiger partial charge on any atom is 0.442 e. The van der Waals surface area contributed by atoms with Gasteiger partial charge in [-0.05, 0) is 12.8 Å². The van der Waals surface area contributed by atoms with Gasteiger partial charge >= 0.3 is 5.76 Å². The first-order valence-corrected chi connectivity index (χ1v) is 6.34. The molecule has 1 aliphatic rings. The first-order chi connectivity index (χ1) is 8.95. The summed E-state index contributed by atoms with van der Waals surface area (Å²) in [4.78, 5) is 11.7. The van der Waals surface area contributed by atoms with Gasteiger partial charge in [-0.1, -0.05) is 25.9 Å². The van der Waals surface area contributed by atoms with E-state index < -0.39 is 5.76 Å². The van der Waals surface area contributed by atoms with Crippen molar-refractivity contribution < 1.29 is 8.94 Å². The van der Waals surface area contributed by atoms with Crippen LogP contribution in [0, 0.1) is 0 Å². The normalized spacial score (nSPS) is 15.9. The second-order valence-electron chi connectivity index (χ2n) is 5.92. The molecule has 0 bridgehead atoms. The molecule has 0 unspecified atom stereocenters. The van der Waals surface area contributed by atoms with Crippen LogP contribution in [0.5, 0.6) is 0 Å². The molecule has 7 heteroatoms. The highest BCUT2D eigenvalue weighted by molar-refractivity contribution is 5.03. The van der Waals surface area contributed by atoms with Gasteiger partial charge in [-0.25, -0.2) is 4.79 Å². The Balaban J connectivity index is 1.89. The zero-order valence-corrected chi connectivity index (χ0v) is 11.2. The minimum absolute atomic E-state index is 0.203. The fraction of sp³-hybridized carbons (Fsp3) is 0.667. The van der Waals surface area contributed by atoms with E-state index in [1.807, 2.05) is 20.8 Å². The van der Waals surface area contributed by atoms with Gasteiger partial charge in [0, 0.05) is 11.3 Å². The van der Waals surface area contributed by atoms with Crippen LogP contribution in [0.4, 0.5) is 0 Å². The Morgan fingerprint density at radius 3 is 2.68 bits per heavy atom. The maximum atomic E-state index is 11.7. The molecule has 0 amide bonds. The Morgan fingerprint density at radius 1 is 1.32 bits per heavy atom. The molecule has 1 saturated carbocycles. The Hall–Kier alpha value is -1.92. The van der Waals surface area contributed by atoms with Crippen molar-refractivity contribution in [3.63, 3.8) is 0 Å². The van der Waals surface area contributed by atoms with Crippen LogP contribution in [0.1, 0.15) is 57.1 Å². The zero-order valence-electron chi connectivity index (χ0n) is 11.2. The van der Waals surface area contributed by atoms with E-state index in [-0.39, 0.29) is 12.0 Å². The fourth-order valence-corrected chi connectivity index (χ4v) is 1.91. The van der Waals surface area contributed by atoms with Gasteiger partial charge in [-0.3, -0.25) is 9.09 Å². The molecule has 7 nitrogen and oxygen atoms in total. The summed E-state index contributed by atoms with van der Waals surface area (Å²) in [6.07, 6.45) is 2.20. The van der Waals surface area contributed by atoms with Crippen molar-refractivity contribution in [3.8, 4) is 0 Å². The van der Waals surface area contributed by atoms with Gasteiger partial charge < -0.3 is 4.42 Å². The predicted octanol–water partition coefficient (Wildman–Crippen LogP) is 1.44. The summed E-state index contributed by atoms with van der Waals surface area (Å²) < 4.78 is 11.7. The molecular formula is C12H16N4O3. The molecule has 3 rings (SSSR count). The van der Waals surface area contributed by atoms with E-state index in [9.17, 15) is 4.79 Å². The molecule has 2 aromatic rings. The number of nitrogens with zero attached hydrogens (tertiary/aromatic N) is 4. The minimum Gasteiger partial charge on any atom is -0.423 e. The molecule has 0 spiro atoms. The van der Waals surface area contributed by atoms with E-state index in [0.717, 1.165) is 12.8 Å². The highest BCUT2D eigenvalue weighted by Gasteiger charge is 2.30. The highest BCUT2D eigenvalue weighted by atomic mass is 16.5. The summed E-state index contributed by atoms with van der Waals surface area (Å²) in [5.74, 6) is 1.55. The van der Waals surface area contributed by atoms with Crippen LogP contribution in [0.2, 0.25) is 0 Å². The SMILES string of the molecule is CC(C)(C)c1noc(=O)n1Cc1nnc(C2CC2)o1. The molecule has 2 aromatic heterocycles. The van der Waals surface area contributed by atoms with Crippen molar-refractivity contribution in [1.29, 1.82) is 0 Å². The molecular weight excluding hydrogens is 248 g/mol. The van der Waals surface area contributed by atoms with Gasteiger partial charge in [-0.2, -0.15) is 0 Å². The smallest absolute Gasteiger partial charge is 0.423 e. The Morgan fingerprint density at radius 2 is 2.05 bits per heavy atom. The lowest BCUT2D eigenvalue weighted by Gasteiger charge is -2.15. The lowest BCUT2D eigenvalue weighted by atomic mass is 9.96. The molecule has 1 fully saturated rings. The van der Waals surface area contributed by atoms with E-state index in [2.05, 4.69) is 15.4 Å². The average Bonchev–Trinajstić information content (AvgIpc) is 2.96. The summed E-state index contributed by atoms with van der Waals surface area (Å²) >= 11 is 0. The third-order valence-electron chi connectivity index (χ3n) is 3.06. The summed E-state index contributed by atoms with van der Waals surface area (Å²) in [6.45, 7) is 6.09. The minimum atomic E-state index is -0.504. The first-order valence-electron chi connectivity index (χ1n) is 6.34. The molecule has 19 heavy (non-hydrogen) atoms. The lowest BCUT2D eigenvalue weighted by molar-refractivity contribution is 0.365. The molecule has 0 radical (unpaired) electrons. The van der Waals surface area contributed by atoms with Crippen molar-refractivity contribution >= 4 is 0 Å². The third-order valence-corrected chi connectivity index (χ3v) is 3.06. The van der Waals surface area contributed by atoms with Crippen molar-refractivity contribution in [1.82, 2.24) is 19.9 Å². The van der Waals surface area contributed by atoms with Crippen molar-refractivity contribution in [3.05, 3.63) is 28.2 Å². The van der Waals surface area contributed by atoms with E-state index in [1.54, 1.807) is 0 Å². The van der Waals surface area contributed by atoms with E-state index in [1.165, 1.54) is 4.57 Å². The second kappa shape index (κ2) is 4.04. The summed E-state index contributed by atoms with van der Waals surface area (Å²) in [7, 11) is 0. The van der Waals surface area contributed by atoms with Crippen molar-refractivity contribution in [2.75, 3.05) is 0 Å².